The molecule has 134 valence electrons. The van der Waals surface area contributed by atoms with Crippen molar-refractivity contribution in [2.75, 3.05) is 13.2 Å². The van der Waals surface area contributed by atoms with Gasteiger partial charge in [-0.25, -0.2) is 0 Å². The summed E-state index contributed by atoms with van der Waals surface area (Å²) in [6, 6.07) is 0. The molecule has 0 aromatic heterocycles. The summed E-state index contributed by atoms with van der Waals surface area (Å²) in [5.74, 6) is -0.704. The smallest absolute Gasteiger partial charge is 0.306 e. The van der Waals surface area contributed by atoms with E-state index in [1.54, 1.807) is 6.92 Å². The molecule has 0 aromatic rings. The lowest BCUT2D eigenvalue weighted by atomic mass is 10.1. The summed E-state index contributed by atoms with van der Waals surface area (Å²) in [5.41, 5.74) is 0.784. The molecule has 0 bridgehead atoms. The Labute approximate surface area is 141 Å². The molecule has 0 N–H and O–H groups in total. The van der Waals surface area contributed by atoms with E-state index in [4.69, 9.17) is 9.47 Å². The summed E-state index contributed by atoms with van der Waals surface area (Å²) in [5, 5.41) is 0. The Bertz CT molecular complexity index is 336. The third kappa shape index (κ3) is 16.9. The average molecular weight is 326 g/mol. The highest BCUT2D eigenvalue weighted by molar-refractivity contribution is 5.77. The Kier molecular flexibility index (Phi) is 14.7. The van der Waals surface area contributed by atoms with Crippen LogP contribution in [0.1, 0.15) is 84.5 Å². The molecule has 23 heavy (non-hydrogen) atoms. The molecule has 0 aliphatic heterocycles. The lowest BCUT2D eigenvalue weighted by molar-refractivity contribution is -0.149. The molecule has 4 nitrogen and oxygen atoms in total. The molecule has 0 aromatic carbocycles. The molecule has 0 spiro atoms. The molecule has 0 amide bonds. The molecule has 0 rings (SSSR count). The zero-order chi connectivity index (χ0) is 17.3. The second-order valence-electron chi connectivity index (χ2n) is 6.17. The van der Waals surface area contributed by atoms with Gasteiger partial charge in [-0.3, -0.25) is 9.59 Å². The first-order valence-electron chi connectivity index (χ1n) is 9.02. The van der Waals surface area contributed by atoms with Crippen LogP contribution in [0.2, 0.25) is 0 Å². The van der Waals surface area contributed by atoms with Crippen LogP contribution in [0.4, 0.5) is 0 Å². The number of carbonyl (C=O) groups is 2. The second-order valence-corrected chi connectivity index (χ2v) is 6.17. The SMILES string of the molecule is C=C(C)COC(=O)CCC(=O)OCCCCCCCCCCC. The topological polar surface area (TPSA) is 52.6 Å². The maximum absolute atomic E-state index is 11.5. The lowest BCUT2D eigenvalue weighted by Gasteiger charge is -2.06. The van der Waals surface area contributed by atoms with Gasteiger partial charge in [-0.1, -0.05) is 64.9 Å². The molecule has 0 atom stereocenters. The fraction of sp³-hybridized carbons (Fsp3) is 0.789. The van der Waals surface area contributed by atoms with Crippen LogP contribution < -0.4 is 0 Å². The van der Waals surface area contributed by atoms with E-state index in [2.05, 4.69) is 13.5 Å². The quantitative estimate of drug-likeness (QED) is 0.242. The molecule has 0 aliphatic carbocycles. The average Bonchev–Trinajstić information content (AvgIpc) is 2.52. The molecule has 0 fully saturated rings. The second kappa shape index (κ2) is 15.6. The van der Waals surface area contributed by atoms with Gasteiger partial charge >= 0.3 is 11.9 Å². The Morgan fingerprint density at radius 2 is 1.26 bits per heavy atom. The Balaban J connectivity index is 3.33. The molecular weight excluding hydrogens is 292 g/mol. The first-order chi connectivity index (χ1) is 11.1. The molecule has 0 saturated heterocycles. The lowest BCUT2D eigenvalue weighted by Crippen LogP contribution is -2.11. The van der Waals surface area contributed by atoms with Crippen molar-refractivity contribution in [3.63, 3.8) is 0 Å². The minimum atomic E-state index is -0.381. The van der Waals surface area contributed by atoms with Crippen molar-refractivity contribution >= 4 is 11.9 Å². The number of unbranched alkanes of at least 4 members (excludes halogenated alkanes) is 8. The van der Waals surface area contributed by atoms with E-state index in [0.29, 0.717) is 6.61 Å². The summed E-state index contributed by atoms with van der Waals surface area (Å²) < 4.78 is 10.0. The number of rotatable bonds is 15. The molecule has 4 heteroatoms. The van der Waals surface area contributed by atoms with Crippen LogP contribution in [0.3, 0.4) is 0 Å². The summed E-state index contributed by atoms with van der Waals surface area (Å²) >= 11 is 0. The Hall–Kier alpha value is -1.32. The highest BCUT2D eigenvalue weighted by Crippen LogP contribution is 2.09. The fourth-order valence-corrected chi connectivity index (χ4v) is 2.15. The Morgan fingerprint density at radius 1 is 0.783 bits per heavy atom. The van der Waals surface area contributed by atoms with Gasteiger partial charge in [0, 0.05) is 0 Å². The van der Waals surface area contributed by atoms with Crippen molar-refractivity contribution in [3.8, 4) is 0 Å². The van der Waals surface area contributed by atoms with Crippen molar-refractivity contribution < 1.29 is 19.1 Å². The largest absolute Gasteiger partial charge is 0.466 e. The van der Waals surface area contributed by atoms with Gasteiger partial charge in [0.1, 0.15) is 6.61 Å². The molecule has 0 saturated carbocycles. The molecular formula is C19H34O4. The van der Waals surface area contributed by atoms with E-state index in [0.717, 1.165) is 18.4 Å². The molecule has 0 aliphatic rings. The first kappa shape index (κ1) is 21.7. The van der Waals surface area contributed by atoms with Gasteiger partial charge in [0.25, 0.3) is 0 Å². The van der Waals surface area contributed by atoms with Crippen LogP contribution in [0.25, 0.3) is 0 Å². The van der Waals surface area contributed by atoms with Crippen molar-refractivity contribution in [1.29, 1.82) is 0 Å². The van der Waals surface area contributed by atoms with E-state index in [-0.39, 0.29) is 31.4 Å². The minimum Gasteiger partial charge on any atom is -0.466 e. The highest BCUT2D eigenvalue weighted by atomic mass is 16.5. The molecule has 0 heterocycles. The maximum Gasteiger partial charge on any atom is 0.306 e. The van der Waals surface area contributed by atoms with Crippen LogP contribution in [-0.2, 0) is 19.1 Å². The minimum absolute atomic E-state index is 0.0733. The van der Waals surface area contributed by atoms with Gasteiger partial charge in [0.15, 0.2) is 0 Å². The van der Waals surface area contributed by atoms with Crippen molar-refractivity contribution in [2.24, 2.45) is 0 Å². The van der Waals surface area contributed by atoms with E-state index < -0.39 is 0 Å². The Morgan fingerprint density at radius 3 is 1.78 bits per heavy atom. The number of ether oxygens (including phenoxy) is 2. The molecule has 0 radical (unpaired) electrons. The fourth-order valence-electron chi connectivity index (χ4n) is 2.15. The highest BCUT2D eigenvalue weighted by Gasteiger charge is 2.08. The van der Waals surface area contributed by atoms with Crippen LogP contribution in [-0.4, -0.2) is 25.2 Å². The summed E-state index contributed by atoms with van der Waals surface area (Å²) in [6.07, 6.45) is 11.3. The third-order valence-electron chi connectivity index (χ3n) is 3.52. The number of hydrogen-bond donors (Lipinski definition) is 0. The van der Waals surface area contributed by atoms with Crippen LogP contribution in [0, 0.1) is 0 Å². The van der Waals surface area contributed by atoms with E-state index in [1.165, 1.54) is 44.9 Å². The van der Waals surface area contributed by atoms with Gasteiger partial charge < -0.3 is 9.47 Å². The van der Waals surface area contributed by atoms with E-state index in [9.17, 15) is 9.59 Å². The van der Waals surface area contributed by atoms with Crippen LogP contribution in [0.5, 0.6) is 0 Å². The number of carbonyl (C=O) groups excluding carboxylic acids is 2. The standard InChI is InChI=1S/C19H34O4/c1-4-5-6-7-8-9-10-11-12-15-22-18(20)13-14-19(21)23-16-17(2)3/h2,4-16H2,1,3H3. The van der Waals surface area contributed by atoms with Gasteiger partial charge in [-0.05, 0) is 18.9 Å². The van der Waals surface area contributed by atoms with Crippen LogP contribution in [0.15, 0.2) is 12.2 Å². The normalized spacial score (nSPS) is 10.3. The summed E-state index contributed by atoms with van der Waals surface area (Å²) in [4.78, 5) is 22.8. The van der Waals surface area contributed by atoms with Gasteiger partial charge in [0.05, 0.1) is 19.4 Å². The van der Waals surface area contributed by atoms with Crippen LogP contribution >= 0.6 is 0 Å². The predicted octanol–water partition coefficient (Wildman–Crippen LogP) is 4.96. The number of hydrogen-bond acceptors (Lipinski definition) is 4. The zero-order valence-electron chi connectivity index (χ0n) is 15.0. The number of esters is 2. The zero-order valence-corrected chi connectivity index (χ0v) is 15.0. The molecule has 0 unspecified atom stereocenters. The predicted molar refractivity (Wildman–Crippen MR) is 93.2 cm³/mol. The van der Waals surface area contributed by atoms with Crippen molar-refractivity contribution in [1.82, 2.24) is 0 Å². The van der Waals surface area contributed by atoms with Gasteiger partial charge in [-0.15, -0.1) is 0 Å². The first-order valence-corrected chi connectivity index (χ1v) is 9.02. The van der Waals surface area contributed by atoms with Crippen molar-refractivity contribution in [2.45, 2.75) is 84.5 Å². The summed E-state index contributed by atoms with van der Waals surface area (Å²) in [7, 11) is 0. The summed E-state index contributed by atoms with van der Waals surface area (Å²) in [6.45, 7) is 8.32. The van der Waals surface area contributed by atoms with E-state index in [1.807, 2.05) is 0 Å². The van der Waals surface area contributed by atoms with Gasteiger partial charge in [-0.2, -0.15) is 0 Å². The van der Waals surface area contributed by atoms with Gasteiger partial charge in [0.2, 0.25) is 0 Å². The third-order valence-corrected chi connectivity index (χ3v) is 3.52. The van der Waals surface area contributed by atoms with E-state index >= 15 is 0 Å². The maximum atomic E-state index is 11.5. The van der Waals surface area contributed by atoms with Crippen molar-refractivity contribution in [3.05, 3.63) is 12.2 Å². The monoisotopic (exact) mass is 326 g/mol.